The van der Waals surface area contributed by atoms with Crippen LogP contribution in [-0.4, -0.2) is 32.7 Å². The number of halogens is 1. The number of hydrogen-bond donors (Lipinski definition) is 2. The quantitative estimate of drug-likeness (QED) is 0.273. The summed E-state index contributed by atoms with van der Waals surface area (Å²) in [6.07, 6.45) is 1.98. The normalized spacial score (nSPS) is 14.8. The van der Waals surface area contributed by atoms with Crippen molar-refractivity contribution in [2.75, 3.05) is 6.61 Å². The Morgan fingerprint density at radius 2 is 1.89 bits per heavy atom. The fraction of sp³-hybridized carbons (Fsp3) is 0.267. The standard InChI is InChI=1S/C30H30FN3O3/c1-4-5-13-37-23-8-6-7-21(16-23)28-25-26(24-15-18(2)14-19(3)29(24)35)32-33-27(25)30(36)34(28)17-20-9-11-22(31)12-10-20/h6-12,14-16,28,35H,4-5,13,17H2,1-3H3,(H,32,33). The minimum absolute atomic E-state index is 0.139. The minimum atomic E-state index is -0.476. The highest BCUT2D eigenvalue weighted by atomic mass is 19.1. The number of phenolic OH excluding ortho intramolecular Hbond substituents is 1. The fourth-order valence-corrected chi connectivity index (χ4v) is 4.95. The Morgan fingerprint density at radius 3 is 2.65 bits per heavy atom. The maximum Gasteiger partial charge on any atom is 0.273 e. The lowest BCUT2D eigenvalue weighted by Crippen LogP contribution is -2.29. The van der Waals surface area contributed by atoms with Crippen LogP contribution in [0.15, 0.2) is 60.7 Å². The van der Waals surface area contributed by atoms with Crippen LogP contribution in [0.4, 0.5) is 4.39 Å². The van der Waals surface area contributed by atoms with E-state index in [9.17, 15) is 14.3 Å². The van der Waals surface area contributed by atoms with Crippen molar-refractivity contribution in [1.82, 2.24) is 15.1 Å². The molecule has 2 heterocycles. The van der Waals surface area contributed by atoms with Gasteiger partial charge >= 0.3 is 0 Å². The van der Waals surface area contributed by atoms with E-state index in [2.05, 4.69) is 17.1 Å². The van der Waals surface area contributed by atoms with Gasteiger partial charge in [0.2, 0.25) is 0 Å². The molecule has 6 nitrogen and oxygen atoms in total. The Balaban J connectivity index is 1.63. The van der Waals surface area contributed by atoms with Gasteiger partial charge in [0, 0.05) is 17.7 Å². The molecular formula is C30H30FN3O3. The van der Waals surface area contributed by atoms with Crippen molar-refractivity contribution < 1.29 is 19.0 Å². The molecule has 0 radical (unpaired) electrons. The Bertz CT molecular complexity index is 1450. The third-order valence-electron chi connectivity index (χ3n) is 6.77. The Hall–Kier alpha value is -4.13. The van der Waals surface area contributed by atoms with Crippen LogP contribution in [-0.2, 0) is 6.54 Å². The molecule has 5 rings (SSSR count). The molecule has 1 aromatic heterocycles. The number of unbranched alkanes of at least 4 members (excludes halogenated alkanes) is 1. The van der Waals surface area contributed by atoms with Gasteiger partial charge in [0.1, 0.15) is 28.7 Å². The topological polar surface area (TPSA) is 78.5 Å². The molecule has 0 aliphatic carbocycles. The van der Waals surface area contributed by atoms with E-state index < -0.39 is 6.04 Å². The van der Waals surface area contributed by atoms with Gasteiger partial charge in [-0.15, -0.1) is 0 Å². The minimum Gasteiger partial charge on any atom is -0.507 e. The highest BCUT2D eigenvalue weighted by Gasteiger charge is 2.42. The number of aromatic nitrogens is 2. The first kappa shape index (κ1) is 24.6. The third kappa shape index (κ3) is 4.69. The lowest BCUT2D eigenvalue weighted by Gasteiger charge is -2.27. The number of aromatic hydroxyl groups is 1. The first-order valence-corrected chi connectivity index (χ1v) is 12.5. The number of nitrogens with one attached hydrogen (secondary N) is 1. The number of fused-ring (bicyclic) bond motifs is 1. The third-order valence-corrected chi connectivity index (χ3v) is 6.77. The zero-order chi connectivity index (χ0) is 26.1. The molecule has 0 spiro atoms. The summed E-state index contributed by atoms with van der Waals surface area (Å²) in [6.45, 7) is 6.82. The van der Waals surface area contributed by atoms with Crippen LogP contribution in [0.2, 0.25) is 0 Å². The van der Waals surface area contributed by atoms with E-state index in [1.165, 1.54) is 12.1 Å². The van der Waals surface area contributed by atoms with E-state index in [4.69, 9.17) is 4.74 Å². The van der Waals surface area contributed by atoms with Crippen molar-refractivity contribution in [3.8, 4) is 22.8 Å². The van der Waals surface area contributed by atoms with E-state index in [1.54, 1.807) is 17.0 Å². The summed E-state index contributed by atoms with van der Waals surface area (Å²) in [5.74, 6) is 0.337. The molecule has 2 N–H and O–H groups in total. The number of aromatic amines is 1. The van der Waals surface area contributed by atoms with Crippen molar-refractivity contribution in [2.45, 2.75) is 46.2 Å². The smallest absolute Gasteiger partial charge is 0.273 e. The summed E-state index contributed by atoms with van der Waals surface area (Å²) in [5.41, 5.74) is 5.61. The van der Waals surface area contributed by atoms with E-state index in [0.29, 0.717) is 29.1 Å². The van der Waals surface area contributed by atoms with E-state index >= 15 is 0 Å². The number of benzene rings is 3. The molecular weight excluding hydrogens is 469 g/mol. The lowest BCUT2D eigenvalue weighted by atomic mass is 9.94. The van der Waals surface area contributed by atoms with Gasteiger partial charge < -0.3 is 14.7 Å². The molecule has 7 heteroatoms. The average Bonchev–Trinajstić information content (AvgIpc) is 3.42. The SMILES string of the molecule is CCCCOc1cccc(C2c3c(-c4cc(C)cc(C)c4O)n[nH]c3C(=O)N2Cc2ccc(F)cc2)c1. The average molecular weight is 500 g/mol. The molecule has 0 bridgehead atoms. The number of nitrogens with zero attached hydrogens (tertiary/aromatic N) is 2. The zero-order valence-electron chi connectivity index (χ0n) is 21.2. The van der Waals surface area contributed by atoms with Gasteiger partial charge in [-0.25, -0.2) is 4.39 Å². The summed E-state index contributed by atoms with van der Waals surface area (Å²) in [4.78, 5) is 15.5. The van der Waals surface area contributed by atoms with Crippen molar-refractivity contribution >= 4 is 5.91 Å². The summed E-state index contributed by atoms with van der Waals surface area (Å²) >= 11 is 0. The molecule has 37 heavy (non-hydrogen) atoms. The maximum atomic E-state index is 13.7. The second kappa shape index (κ2) is 10.1. The van der Waals surface area contributed by atoms with Gasteiger partial charge in [-0.2, -0.15) is 5.10 Å². The fourth-order valence-electron chi connectivity index (χ4n) is 4.95. The number of hydrogen-bond acceptors (Lipinski definition) is 4. The van der Waals surface area contributed by atoms with Crippen molar-refractivity contribution in [2.24, 2.45) is 0 Å². The van der Waals surface area contributed by atoms with Crippen LogP contribution < -0.4 is 4.74 Å². The highest BCUT2D eigenvalue weighted by molar-refractivity contribution is 6.00. The van der Waals surface area contributed by atoms with Crippen molar-refractivity contribution in [3.63, 3.8) is 0 Å². The molecule has 0 saturated carbocycles. The molecule has 1 unspecified atom stereocenters. The molecule has 190 valence electrons. The zero-order valence-corrected chi connectivity index (χ0v) is 21.2. The second-order valence-corrected chi connectivity index (χ2v) is 9.58. The Kier molecular flexibility index (Phi) is 6.70. The summed E-state index contributed by atoms with van der Waals surface area (Å²) < 4.78 is 19.5. The predicted molar refractivity (Wildman–Crippen MR) is 140 cm³/mol. The Labute approximate surface area is 215 Å². The van der Waals surface area contributed by atoms with Crippen LogP contribution in [0.25, 0.3) is 11.3 Å². The van der Waals surface area contributed by atoms with Gasteiger partial charge in [-0.3, -0.25) is 9.89 Å². The van der Waals surface area contributed by atoms with Crippen LogP contribution >= 0.6 is 0 Å². The number of carbonyl (C=O) groups is 1. The number of carbonyl (C=O) groups excluding carboxylic acids is 1. The number of phenols is 1. The number of amides is 1. The maximum absolute atomic E-state index is 13.7. The van der Waals surface area contributed by atoms with Gasteiger partial charge in [0.05, 0.1) is 12.6 Å². The summed E-state index contributed by atoms with van der Waals surface area (Å²) in [6, 6.07) is 17.2. The molecule has 0 saturated heterocycles. The van der Waals surface area contributed by atoms with Gasteiger partial charge in [-0.05, 0) is 72.9 Å². The summed E-state index contributed by atoms with van der Waals surface area (Å²) in [7, 11) is 0. The van der Waals surface area contributed by atoms with Crippen molar-refractivity contribution in [1.29, 1.82) is 0 Å². The highest BCUT2D eigenvalue weighted by Crippen LogP contribution is 2.46. The van der Waals surface area contributed by atoms with Gasteiger partial charge in [-0.1, -0.05) is 43.7 Å². The monoisotopic (exact) mass is 499 g/mol. The molecule has 4 aromatic rings. The molecule has 3 aromatic carbocycles. The molecule has 1 atom stereocenters. The number of rotatable bonds is 8. The van der Waals surface area contributed by atoms with Gasteiger partial charge in [0.25, 0.3) is 5.91 Å². The molecule has 1 aliphatic rings. The number of H-pyrrole nitrogens is 1. The number of ether oxygens (including phenoxy) is 1. The van der Waals surface area contributed by atoms with Crippen LogP contribution in [0, 0.1) is 19.7 Å². The van der Waals surface area contributed by atoms with Crippen LogP contribution in [0.3, 0.4) is 0 Å². The lowest BCUT2D eigenvalue weighted by molar-refractivity contribution is 0.0729. The van der Waals surface area contributed by atoms with E-state index in [1.807, 2.05) is 50.2 Å². The summed E-state index contributed by atoms with van der Waals surface area (Å²) in [5, 5.41) is 18.4. The van der Waals surface area contributed by atoms with E-state index in [0.717, 1.165) is 40.8 Å². The molecule has 1 aliphatic heterocycles. The first-order valence-electron chi connectivity index (χ1n) is 12.5. The molecule has 1 amide bonds. The van der Waals surface area contributed by atoms with E-state index in [-0.39, 0.29) is 24.0 Å². The molecule has 0 fully saturated rings. The van der Waals surface area contributed by atoms with Gasteiger partial charge in [0.15, 0.2) is 0 Å². The first-order chi connectivity index (χ1) is 17.9. The van der Waals surface area contributed by atoms with Crippen LogP contribution in [0.1, 0.15) is 64.1 Å². The largest absolute Gasteiger partial charge is 0.507 e. The Morgan fingerprint density at radius 1 is 1.11 bits per heavy atom. The number of aryl methyl sites for hydroxylation is 2. The second-order valence-electron chi connectivity index (χ2n) is 9.58. The van der Waals surface area contributed by atoms with Crippen molar-refractivity contribution in [3.05, 3.63) is 100.0 Å². The van der Waals surface area contributed by atoms with Crippen LogP contribution in [0.5, 0.6) is 11.5 Å². The predicted octanol–water partition coefficient (Wildman–Crippen LogP) is 6.46.